The first-order chi connectivity index (χ1) is 19.0. The molecule has 2 aliphatic rings. The van der Waals surface area contributed by atoms with Crippen LogP contribution in [0.1, 0.15) is 19.0 Å². The smallest absolute Gasteiger partial charge is 0.219 e. The van der Waals surface area contributed by atoms with Crippen LogP contribution in [0.25, 0.3) is 28.1 Å². The highest BCUT2D eigenvalue weighted by Gasteiger charge is 2.30. The van der Waals surface area contributed by atoms with Gasteiger partial charge in [0.25, 0.3) is 0 Å². The van der Waals surface area contributed by atoms with Crippen molar-refractivity contribution < 1.29 is 17.9 Å². The normalized spacial score (nSPS) is 24.5. The first-order valence-corrected chi connectivity index (χ1v) is 15.0. The zero-order valence-electron chi connectivity index (χ0n) is 23.5. The molecule has 4 heterocycles. The number of aryl methyl sites for hydroxylation is 1. The third kappa shape index (κ3) is 5.76. The van der Waals surface area contributed by atoms with Gasteiger partial charge in [-0.25, -0.2) is 13.1 Å². The summed E-state index contributed by atoms with van der Waals surface area (Å²) in [4.78, 5) is 6.67. The summed E-state index contributed by atoms with van der Waals surface area (Å²) in [5.41, 5.74) is 11.4. The number of aromatic nitrogens is 4. The Morgan fingerprint density at radius 2 is 2.05 bits per heavy atom. The van der Waals surface area contributed by atoms with Crippen molar-refractivity contribution in [3.05, 3.63) is 47.6 Å². The van der Waals surface area contributed by atoms with Crippen LogP contribution in [0.15, 0.2) is 46.9 Å². The van der Waals surface area contributed by atoms with Crippen LogP contribution in [0.4, 0.5) is 0 Å². The molecule has 2 atom stereocenters. The minimum atomic E-state index is -3.30. The number of hydrogen-bond acceptors (Lipinski definition) is 9. The average Bonchev–Trinajstić information content (AvgIpc) is 3.62. The number of hydrogen-bond donors (Lipinski definition) is 2. The van der Waals surface area contributed by atoms with Crippen molar-refractivity contribution in [1.29, 1.82) is 0 Å². The van der Waals surface area contributed by atoms with E-state index < -0.39 is 10.0 Å². The lowest BCUT2D eigenvalue weighted by atomic mass is 10.0. The number of H-pyrrole nitrogens is 1. The first-order valence-electron chi connectivity index (χ1n) is 13.1. The Hall–Kier alpha value is -3.68. The van der Waals surface area contributed by atoms with Crippen LogP contribution in [-0.2, 0) is 21.8 Å². The second-order valence-corrected chi connectivity index (χ2v) is 12.4. The Labute approximate surface area is 234 Å². The molecule has 40 heavy (non-hydrogen) atoms. The highest BCUT2D eigenvalue weighted by atomic mass is 32.2. The summed E-state index contributed by atoms with van der Waals surface area (Å²) < 4.78 is 39.7. The Kier molecular flexibility index (Phi) is 7.71. The molecule has 3 aromatic rings. The molecule has 13 heteroatoms. The summed E-state index contributed by atoms with van der Waals surface area (Å²) in [7, 11) is 2.29. The van der Waals surface area contributed by atoms with Crippen LogP contribution in [0.2, 0.25) is 0 Å². The van der Waals surface area contributed by atoms with Gasteiger partial charge in [0.2, 0.25) is 15.9 Å². The van der Waals surface area contributed by atoms with Crippen molar-refractivity contribution in [3.8, 4) is 17.0 Å². The maximum absolute atomic E-state index is 12.0. The van der Waals surface area contributed by atoms with Crippen LogP contribution < -0.4 is 10.5 Å². The van der Waals surface area contributed by atoms with Crippen LogP contribution in [0, 0.1) is 0 Å². The molecule has 2 aromatic heterocycles. The van der Waals surface area contributed by atoms with Gasteiger partial charge in [0.05, 0.1) is 47.1 Å². The predicted octanol–water partition coefficient (Wildman–Crippen LogP) is 1.98. The third-order valence-electron chi connectivity index (χ3n) is 7.21. The molecule has 0 radical (unpaired) electrons. The van der Waals surface area contributed by atoms with Gasteiger partial charge < -0.3 is 15.2 Å². The summed E-state index contributed by atoms with van der Waals surface area (Å²) in [6, 6.07) is 6.04. The fourth-order valence-corrected chi connectivity index (χ4v) is 6.05. The standard InChI is InChI=1S/C27H36N8O4S/c1-17-14-33(3)16-25(29-2)20(26(28)39-19-10-11-35(15-19)40(5,36)37)7-9-24-21-12-18(6-8-23(21)31-32-24)22-13-30-34(4)27(22)38-17/h6-9,12-13,17,19H,10-11,14-16,28H2,1-5H3,(H,31,32)/b9-7+,26-20+,29-25?/t17-,19-/m0/s1. The van der Waals surface area contributed by atoms with Crippen LogP contribution >= 0.6 is 0 Å². The van der Waals surface area contributed by atoms with Crippen LogP contribution in [0.3, 0.4) is 0 Å². The zero-order chi connectivity index (χ0) is 28.6. The van der Waals surface area contributed by atoms with Crippen molar-refractivity contribution in [3.63, 3.8) is 0 Å². The van der Waals surface area contributed by atoms with E-state index in [-0.39, 0.29) is 24.6 Å². The van der Waals surface area contributed by atoms with Gasteiger partial charge in [-0.05, 0) is 50.2 Å². The van der Waals surface area contributed by atoms with Crippen molar-refractivity contribution in [1.82, 2.24) is 29.2 Å². The van der Waals surface area contributed by atoms with Gasteiger partial charge in [0.15, 0.2) is 5.88 Å². The number of rotatable bonds is 3. The third-order valence-corrected chi connectivity index (χ3v) is 8.48. The molecule has 2 bridgehead atoms. The predicted molar refractivity (Wildman–Crippen MR) is 155 cm³/mol. The van der Waals surface area contributed by atoms with Gasteiger partial charge >= 0.3 is 0 Å². The van der Waals surface area contributed by atoms with Gasteiger partial charge in [-0.1, -0.05) is 6.07 Å². The molecule has 214 valence electrons. The highest BCUT2D eigenvalue weighted by molar-refractivity contribution is 7.88. The molecule has 0 saturated carbocycles. The molecule has 2 aliphatic heterocycles. The first kappa shape index (κ1) is 27.9. The van der Waals surface area contributed by atoms with E-state index in [0.717, 1.165) is 33.4 Å². The second kappa shape index (κ2) is 11.1. The van der Waals surface area contributed by atoms with E-state index in [1.54, 1.807) is 11.7 Å². The number of fused-ring (bicyclic) bond motifs is 3. The number of sulfonamides is 1. The maximum Gasteiger partial charge on any atom is 0.219 e. The van der Waals surface area contributed by atoms with Crippen molar-refractivity contribution >= 4 is 32.7 Å². The topological polar surface area (TPSA) is 144 Å². The second-order valence-electron chi connectivity index (χ2n) is 10.4. The fraction of sp³-hybridized carbons (Fsp3) is 0.444. The number of aromatic amines is 1. The molecular weight excluding hydrogens is 532 g/mol. The number of nitrogens with zero attached hydrogens (tertiary/aromatic N) is 6. The molecule has 1 fully saturated rings. The molecule has 5 rings (SSSR count). The number of nitrogens with two attached hydrogens (primary N) is 1. The minimum absolute atomic E-state index is 0.146. The number of aliphatic imine (C=N–C) groups is 1. The summed E-state index contributed by atoms with van der Waals surface area (Å²) in [5.74, 6) is 0.889. The zero-order valence-corrected chi connectivity index (χ0v) is 24.3. The van der Waals surface area contributed by atoms with E-state index in [4.69, 9.17) is 15.2 Å². The van der Waals surface area contributed by atoms with Crippen molar-refractivity contribution in [2.45, 2.75) is 25.6 Å². The largest absolute Gasteiger partial charge is 0.474 e. The lowest BCUT2D eigenvalue weighted by Crippen LogP contribution is -2.36. The Morgan fingerprint density at radius 3 is 2.77 bits per heavy atom. The number of benzene rings is 1. The van der Waals surface area contributed by atoms with Crippen molar-refractivity contribution in [2.75, 3.05) is 46.5 Å². The highest BCUT2D eigenvalue weighted by Crippen LogP contribution is 2.33. The summed E-state index contributed by atoms with van der Waals surface area (Å²) in [6.45, 7) is 3.78. The fourth-order valence-electron chi connectivity index (χ4n) is 5.18. The summed E-state index contributed by atoms with van der Waals surface area (Å²) >= 11 is 0. The molecule has 0 amide bonds. The Morgan fingerprint density at radius 1 is 1.25 bits per heavy atom. The van der Waals surface area contributed by atoms with Crippen molar-refractivity contribution in [2.24, 2.45) is 17.8 Å². The van der Waals surface area contributed by atoms with Crippen LogP contribution in [0.5, 0.6) is 5.88 Å². The number of allylic oxidation sites excluding steroid dienone is 1. The van der Waals surface area contributed by atoms with Gasteiger partial charge in [-0.15, -0.1) is 0 Å². The molecule has 3 N–H and O–H groups in total. The molecule has 1 saturated heterocycles. The molecule has 12 nitrogen and oxygen atoms in total. The van der Waals surface area contributed by atoms with E-state index in [1.165, 1.54) is 10.6 Å². The SMILES string of the molecule is CN=C1CN(C)C[C@H](C)Oc2c(cnn2C)-c2ccc3n[nH]c(c3c2)/C=C/C1=C(/N)O[C@H]1CCN(S(C)(=O)=O)C1. The minimum Gasteiger partial charge on any atom is -0.474 e. The van der Waals surface area contributed by atoms with Gasteiger partial charge in [-0.3, -0.25) is 15.0 Å². The number of ether oxygens (including phenoxy) is 2. The van der Waals surface area contributed by atoms with E-state index in [9.17, 15) is 8.42 Å². The van der Waals surface area contributed by atoms with E-state index in [1.807, 2.05) is 51.5 Å². The van der Waals surface area contributed by atoms with Gasteiger partial charge in [0.1, 0.15) is 12.2 Å². The number of nitrogens with one attached hydrogen (secondary N) is 1. The molecular formula is C27H36N8O4S. The number of likely N-dealkylation sites (N-methyl/N-ethyl adjacent to an activating group) is 1. The molecule has 0 aliphatic carbocycles. The van der Waals surface area contributed by atoms with Gasteiger partial charge in [-0.2, -0.15) is 14.5 Å². The average molecular weight is 569 g/mol. The van der Waals surface area contributed by atoms with Gasteiger partial charge in [0, 0.05) is 39.1 Å². The lowest BCUT2D eigenvalue weighted by Gasteiger charge is -2.24. The lowest BCUT2D eigenvalue weighted by molar-refractivity contribution is 0.124. The molecule has 1 aromatic carbocycles. The summed E-state index contributed by atoms with van der Waals surface area (Å²) in [5, 5.41) is 13.0. The molecule has 0 spiro atoms. The van der Waals surface area contributed by atoms with E-state index in [2.05, 4.69) is 31.3 Å². The quantitative estimate of drug-likeness (QED) is 0.457. The molecule has 0 unspecified atom stereocenters. The monoisotopic (exact) mass is 568 g/mol. The summed E-state index contributed by atoms with van der Waals surface area (Å²) in [6.07, 6.45) is 6.88. The van der Waals surface area contributed by atoms with Crippen LogP contribution in [-0.4, -0.2) is 102 Å². The Balaban J connectivity index is 1.57. The van der Waals surface area contributed by atoms with E-state index >= 15 is 0 Å². The maximum atomic E-state index is 12.0. The van der Waals surface area contributed by atoms with E-state index in [0.29, 0.717) is 37.5 Å². The Bertz CT molecular complexity index is 1600.